The summed E-state index contributed by atoms with van der Waals surface area (Å²) in [5.74, 6) is 2.69. The Balaban J connectivity index is 1.37. The molecule has 0 amide bonds. The standard InChI is InChI=1S/C19H29N5O/c1-2-20-19(21-11-5-13-25-14-15-8-9-15)22-12-10-18-23-16-6-3-4-7-17(16)24-18/h3-4,6-7,15H,2,5,8-14H2,1H3,(H,23,24)(H2,20,21,22). The summed E-state index contributed by atoms with van der Waals surface area (Å²) in [4.78, 5) is 12.6. The van der Waals surface area contributed by atoms with E-state index in [9.17, 15) is 0 Å². The van der Waals surface area contributed by atoms with Gasteiger partial charge in [-0.15, -0.1) is 0 Å². The number of imidazole rings is 1. The SMILES string of the molecule is CCNC(=NCCCOCC1CC1)NCCc1nc2ccccc2[nH]1. The molecular weight excluding hydrogens is 314 g/mol. The fraction of sp³-hybridized carbons (Fsp3) is 0.579. The lowest BCUT2D eigenvalue weighted by molar-refractivity contribution is 0.123. The molecule has 136 valence electrons. The molecule has 0 saturated heterocycles. The summed E-state index contributed by atoms with van der Waals surface area (Å²) in [7, 11) is 0. The van der Waals surface area contributed by atoms with Crippen molar-refractivity contribution >= 4 is 17.0 Å². The van der Waals surface area contributed by atoms with Crippen LogP contribution in [0.3, 0.4) is 0 Å². The van der Waals surface area contributed by atoms with Crippen LogP contribution in [0.4, 0.5) is 0 Å². The maximum atomic E-state index is 5.64. The van der Waals surface area contributed by atoms with Gasteiger partial charge < -0.3 is 20.4 Å². The molecule has 6 heteroatoms. The minimum Gasteiger partial charge on any atom is -0.381 e. The van der Waals surface area contributed by atoms with Crippen molar-refractivity contribution in [2.45, 2.75) is 32.6 Å². The first kappa shape index (κ1) is 17.7. The predicted octanol–water partition coefficient (Wildman–Crippen LogP) is 2.48. The fourth-order valence-corrected chi connectivity index (χ4v) is 2.66. The summed E-state index contributed by atoms with van der Waals surface area (Å²) in [6, 6.07) is 8.11. The van der Waals surface area contributed by atoms with Crippen LogP contribution in [-0.2, 0) is 11.2 Å². The van der Waals surface area contributed by atoms with E-state index >= 15 is 0 Å². The van der Waals surface area contributed by atoms with Crippen molar-refractivity contribution in [2.75, 3.05) is 32.8 Å². The topological polar surface area (TPSA) is 74.3 Å². The summed E-state index contributed by atoms with van der Waals surface area (Å²) in [6.07, 6.45) is 4.49. The number of aliphatic imine (C=N–C) groups is 1. The summed E-state index contributed by atoms with van der Waals surface area (Å²) in [5, 5.41) is 6.65. The normalized spacial score (nSPS) is 14.8. The number of ether oxygens (including phenoxy) is 1. The fourth-order valence-electron chi connectivity index (χ4n) is 2.66. The van der Waals surface area contributed by atoms with Crippen molar-refractivity contribution in [3.8, 4) is 0 Å². The number of hydrogen-bond donors (Lipinski definition) is 3. The first-order valence-corrected chi connectivity index (χ1v) is 9.38. The zero-order valence-electron chi connectivity index (χ0n) is 15.1. The lowest BCUT2D eigenvalue weighted by atomic mass is 10.3. The van der Waals surface area contributed by atoms with E-state index in [1.165, 1.54) is 12.8 Å². The quantitative estimate of drug-likeness (QED) is 0.352. The number of fused-ring (bicyclic) bond motifs is 1. The molecule has 3 rings (SSSR count). The van der Waals surface area contributed by atoms with Gasteiger partial charge in [-0.1, -0.05) is 12.1 Å². The van der Waals surface area contributed by atoms with Gasteiger partial charge in [0.2, 0.25) is 0 Å². The van der Waals surface area contributed by atoms with E-state index in [2.05, 4.69) is 38.6 Å². The molecule has 1 aromatic heterocycles. The highest BCUT2D eigenvalue weighted by Crippen LogP contribution is 2.28. The van der Waals surface area contributed by atoms with Crippen molar-refractivity contribution in [3.63, 3.8) is 0 Å². The molecule has 2 aromatic rings. The number of aromatic amines is 1. The van der Waals surface area contributed by atoms with Crippen LogP contribution in [0.1, 0.15) is 32.0 Å². The van der Waals surface area contributed by atoms with Gasteiger partial charge in [-0.2, -0.15) is 0 Å². The summed E-state index contributed by atoms with van der Waals surface area (Å²) in [6.45, 7) is 6.25. The lowest BCUT2D eigenvalue weighted by Gasteiger charge is -2.10. The molecule has 6 nitrogen and oxygen atoms in total. The number of benzene rings is 1. The van der Waals surface area contributed by atoms with Crippen LogP contribution >= 0.6 is 0 Å². The third kappa shape index (κ3) is 6.05. The Kier molecular flexibility index (Phi) is 6.68. The van der Waals surface area contributed by atoms with Gasteiger partial charge in [0.05, 0.1) is 11.0 Å². The Morgan fingerprint density at radius 1 is 1.32 bits per heavy atom. The molecule has 1 saturated carbocycles. The van der Waals surface area contributed by atoms with Crippen LogP contribution in [-0.4, -0.2) is 48.8 Å². The second-order valence-electron chi connectivity index (χ2n) is 6.51. The Labute approximate surface area is 149 Å². The van der Waals surface area contributed by atoms with E-state index in [4.69, 9.17) is 4.74 Å². The lowest BCUT2D eigenvalue weighted by Crippen LogP contribution is -2.38. The maximum absolute atomic E-state index is 5.64. The molecule has 0 spiro atoms. The van der Waals surface area contributed by atoms with Gasteiger partial charge in [-0.05, 0) is 44.2 Å². The van der Waals surface area contributed by atoms with Crippen molar-refractivity contribution in [1.29, 1.82) is 0 Å². The van der Waals surface area contributed by atoms with E-state index in [1.54, 1.807) is 0 Å². The summed E-state index contributed by atoms with van der Waals surface area (Å²) in [5.41, 5.74) is 2.11. The second kappa shape index (κ2) is 9.42. The number of nitrogens with one attached hydrogen (secondary N) is 3. The predicted molar refractivity (Wildman–Crippen MR) is 102 cm³/mol. The maximum Gasteiger partial charge on any atom is 0.191 e. The molecule has 0 radical (unpaired) electrons. The average Bonchev–Trinajstić information content (AvgIpc) is 3.35. The molecule has 0 atom stereocenters. The number of para-hydroxylation sites is 2. The first-order chi connectivity index (χ1) is 12.3. The van der Waals surface area contributed by atoms with E-state index in [0.717, 1.165) is 74.4 Å². The van der Waals surface area contributed by atoms with Gasteiger partial charge in [0, 0.05) is 39.3 Å². The molecule has 1 aromatic carbocycles. The third-order valence-corrected chi connectivity index (χ3v) is 4.20. The van der Waals surface area contributed by atoms with E-state index in [1.807, 2.05) is 18.2 Å². The zero-order chi connectivity index (χ0) is 17.3. The van der Waals surface area contributed by atoms with E-state index < -0.39 is 0 Å². The van der Waals surface area contributed by atoms with Gasteiger partial charge >= 0.3 is 0 Å². The largest absolute Gasteiger partial charge is 0.381 e. The first-order valence-electron chi connectivity index (χ1n) is 9.38. The smallest absolute Gasteiger partial charge is 0.191 e. The number of guanidine groups is 1. The molecule has 1 fully saturated rings. The zero-order valence-corrected chi connectivity index (χ0v) is 15.1. The molecule has 25 heavy (non-hydrogen) atoms. The van der Waals surface area contributed by atoms with Gasteiger partial charge in [0.25, 0.3) is 0 Å². The van der Waals surface area contributed by atoms with Gasteiger partial charge in [-0.3, -0.25) is 4.99 Å². The van der Waals surface area contributed by atoms with Crippen molar-refractivity contribution < 1.29 is 4.74 Å². The van der Waals surface area contributed by atoms with Crippen molar-refractivity contribution in [1.82, 2.24) is 20.6 Å². The number of H-pyrrole nitrogens is 1. The summed E-state index contributed by atoms with van der Waals surface area (Å²) < 4.78 is 5.64. The van der Waals surface area contributed by atoms with Crippen LogP contribution in [0.2, 0.25) is 0 Å². The molecule has 1 aliphatic rings. The molecular formula is C19H29N5O. The van der Waals surface area contributed by atoms with Gasteiger partial charge in [0.1, 0.15) is 5.82 Å². The molecule has 3 N–H and O–H groups in total. The minimum atomic E-state index is 0.782. The number of rotatable bonds is 10. The van der Waals surface area contributed by atoms with Gasteiger partial charge in [-0.25, -0.2) is 4.98 Å². The van der Waals surface area contributed by atoms with E-state index in [0.29, 0.717) is 0 Å². The monoisotopic (exact) mass is 343 g/mol. The average molecular weight is 343 g/mol. The Morgan fingerprint density at radius 2 is 2.20 bits per heavy atom. The molecule has 0 unspecified atom stereocenters. The Morgan fingerprint density at radius 3 is 3.00 bits per heavy atom. The third-order valence-electron chi connectivity index (χ3n) is 4.20. The number of hydrogen-bond acceptors (Lipinski definition) is 3. The second-order valence-corrected chi connectivity index (χ2v) is 6.51. The van der Waals surface area contributed by atoms with Crippen LogP contribution in [0.5, 0.6) is 0 Å². The van der Waals surface area contributed by atoms with Crippen LogP contribution in [0.15, 0.2) is 29.3 Å². The summed E-state index contributed by atoms with van der Waals surface area (Å²) >= 11 is 0. The number of nitrogens with zero attached hydrogens (tertiary/aromatic N) is 2. The van der Waals surface area contributed by atoms with Crippen LogP contribution in [0.25, 0.3) is 11.0 Å². The Hall–Kier alpha value is -2.08. The molecule has 1 aliphatic carbocycles. The minimum absolute atomic E-state index is 0.782. The Bertz CT molecular complexity index is 644. The molecule has 0 aliphatic heterocycles. The van der Waals surface area contributed by atoms with E-state index in [-0.39, 0.29) is 0 Å². The number of aromatic nitrogens is 2. The molecule has 1 heterocycles. The highest BCUT2D eigenvalue weighted by molar-refractivity contribution is 5.79. The highest BCUT2D eigenvalue weighted by Gasteiger charge is 2.20. The van der Waals surface area contributed by atoms with Crippen molar-refractivity contribution in [3.05, 3.63) is 30.1 Å². The highest BCUT2D eigenvalue weighted by atomic mass is 16.5. The van der Waals surface area contributed by atoms with Gasteiger partial charge in [0.15, 0.2) is 5.96 Å². The van der Waals surface area contributed by atoms with Crippen molar-refractivity contribution in [2.24, 2.45) is 10.9 Å². The molecule has 0 bridgehead atoms. The van der Waals surface area contributed by atoms with Crippen LogP contribution in [0, 0.1) is 5.92 Å². The van der Waals surface area contributed by atoms with Crippen LogP contribution < -0.4 is 10.6 Å².